The number of hydrogen-bond donors (Lipinski definition) is 1. The number of nitrogens with one attached hydrogen (secondary N) is 1. The second-order valence-electron chi connectivity index (χ2n) is 7.87. The Labute approximate surface area is 197 Å². The third kappa shape index (κ3) is 6.34. The number of benzene rings is 2. The summed E-state index contributed by atoms with van der Waals surface area (Å²) in [5.74, 6) is 2.16. The van der Waals surface area contributed by atoms with Crippen molar-refractivity contribution < 1.29 is 9.32 Å². The first-order chi connectivity index (χ1) is 15.7. The molecule has 1 unspecified atom stereocenters. The fourth-order valence-corrected chi connectivity index (χ4v) is 4.90. The van der Waals surface area contributed by atoms with Gasteiger partial charge in [-0.3, -0.25) is 9.69 Å². The lowest BCUT2D eigenvalue weighted by molar-refractivity contribution is -0.126. The van der Waals surface area contributed by atoms with Gasteiger partial charge in [-0.25, -0.2) is 0 Å². The Hall–Kier alpha value is -2.35. The SMILES string of the molecule is O=C(NCCCSc1ccccc1)C1CCCN(Cc2nc(-c3ccccc3Cl)no2)C1. The molecule has 0 bridgehead atoms. The fourth-order valence-electron chi connectivity index (χ4n) is 3.81. The summed E-state index contributed by atoms with van der Waals surface area (Å²) in [6.07, 6.45) is 2.85. The van der Waals surface area contributed by atoms with Crippen LogP contribution in [-0.4, -0.2) is 46.3 Å². The number of halogens is 1. The van der Waals surface area contributed by atoms with Crippen LogP contribution >= 0.6 is 23.4 Å². The van der Waals surface area contributed by atoms with E-state index in [9.17, 15) is 4.79 Å². The summed E-state index contributed by atoms with van der Waals surface area (Å²) in [6.45, 7) is 2.87. The van der Waals surface area contributed by atoms with Crippen LogP contribution < -0.4 is 5.32 Å². The van der Waals surface area contributed by atoms with Crippen molar-refractivity contribution in [3.8, 4) is 11.4 Å². The van der Waals surface area contributed by atoms with Gasteiger partial charge in [0.1, 0.15) is 0 Å². The van der Waals surface area contributed by atoms with E-state index in [1.54, 1.807) is 6.07 Å². The predicted molar refractivity (Wildman–Crippen MR) is 128 cm³/mol. The standard InChI is InChI=1S/C24H27ClN4O2S/c25-21-12-5-4-11-20(21)23-27-22(31-28-23)17-29-14-6-8-18(16-29)24(30)26-13-7-15-32-19-9-2-1-3-10-19/h1-5,9-12,18H,6-8,13-17H2,(H,26,30). The minimum absolute atomic E-state index is 0.00325. The van der Waals surface area contributed by atoms with Crippen LogP contribution in [0.1, 0.15) is 25.2 Å². The van der Waals surface area contributed by atoms with E-state index in [4.69, 9.17) is 16.1 Å². The number of piperidine rings is 1. The van der Waals surface area contributed by atoms with E-state index in [0.717, 1.165) is 37.1 Å². The van der Waals surface area contributed by atoms with Crippen molar-refractivity contribution in [2.24, 2.45) is 5.92 Å². The van der Waals surface area contributed by atoms with Gasteiger partial charge in [0.05, 0.1) is 17.5 Å². The van der Waals surface area contributed by atoms with Crippen LogP contribution in [0.5, 0.6) is 0 Å². The fraction of sp³-hybridized carbons (Fsp3) is 0.375. The van der Waals surface area contributed by atoms with Gasteiger partial charge in [0, 0.05) is 23.5 Å². The van der Waals surface area contributed by atoms with Crippen molar-refractivity contribution in [3.05, 3.63) is 65.5 Å². The number of rotatable bonds is 9. The predicted octanol–water partition coefficient (Wildman–Crippen LogP) is 4.90. The van der Waals surface area contributed by atoms with Crippen molar-refractivity contribution in [1.82, 2.24) is 20.4 Å². The van der Waals surface area contributed by atoms with Gasteiger partial charge in [-0.15, -0.1) is 11.8 Å². The Bertz CT molecular complexity index is 1010. The van der Waals surface area contributed by atoms with E-state index in [-0.39, 0.29) is 11.8 Å². The number of thioether (sulfide) groups is 1. The number of hydrogen-bond acceptors (Lipinski definition) is 6. The normalized spacial score (nSPS) is 16.7. The topological polar surface area (TPSA) is 71.3 Å². The van der Waals surface area contributed by atoms with Crippen LogP contribution in [0.15, 0.2) is 64.0 Å². The Morgan fingerprint density at radius 2 is 2.00 bits per heavy atom. The van der Waals surface area contributed by atoms with E-state index in [0.29, 0.717) is 36.4 Å². The molecule has 1 saturated heterocycles. The second kappa shape index (κ2) is 11.5. The highest BCUT2D eigenvalue weighted by Crippen LogP contribution is 2.26. The Kier molecular flexibility index (Phi) is 8.20. The third-order valence-corrected chi connectivity index (χ3v) is 6.88. The molecule has 0 aliphatic carbocycles. The van der Waals surface area contributed by atoms with E-state index >= 15 is 0 Å². The number of nitrogens with zero attached hydrogens (tertiary/aromatic N) is 3. The molecule has 1 amide bonds. The summed E-state index contributed by atoms with van der Waals surface area (Å²) in [5, 5.41) is 7.77. The van der Waals surface area contributed by atoms with E-state index in [1.165, 1.54) is 4.90 Å². The lowest BCUT2D eigenvalue weighted by Gasteiger charge is -2.30. The third-order valence-electron chi connectivity index (χ3n) is 5.45. The number of likely N-dealkylation sites (tertiary alicyclic amines) is 1. The average molecular weight is 471 g/mol. The summed E-state index contributed by atoms with van der Waals surface area (Å²) in [4.78, 5) is 20.6. The van der Waals surface area contributed by atoms with Gasteiger partial charge in [-0.1, -0.05) is 47.1 Å². The van der Waals surface area contributed by atoms with Crippen LogP contribution in [0.2, 0.25) is 5.02 Å². The largest absolute Gasteiger partial charge is 0.356 e. The van der Waals surface area contributed by atoms with Gasteiger partial charge in [0.15, 0.2) is 0 Å². The highest BCUT2D eigenvalue weighted by molar-refractivity contribution is 7.99. The Balaban J connectivity index is 1.21. The van der Waals surface area contributed by atoms with E-state index in [1.807, 2.05) is 48.2 Å². The van der Waals surface area contributed by atoms with Gasteiger partial charge in [-0.05, 0) is 55.8 Å². The maximum absolute atomic E-state index is 12.6. The zero-order valence-electron chi connectivity index (χ0n) is 17.9. The molecule has 0 saturated carbocycles. The van der Waals surface area contributed by atoms with Gasteiger partial charge in [-0.2, -0.15) is 4.98 Å². The molecule has 0 radical (unpaired) electrons. The first-order valence-electron chi connectivity index (χ1n) is 10.9. The molecule has 0 spiro atoms. The lowest BCUT2D eigenvalue weighted by atomic mass is 9.97. The summed E-state index contributed by atoms with van der Waals surface area (Å²) in [5.41, 5.74) is 0.755. The zero-order chi connectivity index (χ0) is 22.2. The first kappa shape index (κ1) is 22.8. The maximum atomic E-state index is 12.6. The molecule has 2 heterocycles. The monoisotopic (exact) mass is 470 g/mol. The van der Waals surface area contributed by atoms with Crippen LogP contribution in [0.3, 0.4) is 0 Å². The number of carbonyl (C=O) groups excluding carboxylic acids is 1. The minimum atomic E-state index is -0.00325. The molecule has 1 fully saturated rings. The molecular formula is C24H27ClN4O2S. The zero-order valence-corrected chi connectivity index (χ0v) is 19.4. The van der Waals surface area contributed by atoms with E-state index in [2.05, 4.69) is 32.5 Å². The van der Waals surface area contributed by atoms with Gasteiger partial charge < -0.3 is 9.84 Å². The van der Waals surface area contributed by atoms with Gasteiger partial charge in [0.25, 0.3) is 0 Å². The van der Waals surface area contributed by atoms with Crippen LogP contribution in [0.4, 0.5) is 0 Å². The molecule has 1 atom stereocenters. The van der Waals surface area contributed by atoms with Crippen molar-refractivity contribution in [2.75, 3.05) is 25.4 Å². The summed E-state index contributed by atoms with van der Waals surface area (Å²) in [7, 11) is 0. The summed E-state index contributed by atoms with van der Waals surface area (Å²) in [6, 6.07) is 17.8. The molecule has 1 aliphatic heterocycles. The summed E-state index contributed by atoms with van der Waals surface area (Å²) < 4.78 is 5.44. The van der Waals surface area contributed by atoms with E-state index < -0.39 is 0 Å². The molecule has 32 heavy (non-hydrogen) atoms. The van der Waals surface area contributed by atoms with Crippen LogP contribution in [0.25, 0.3) is 11.4 Å². The quantitative estimate of drug-likeness (QED) is 0.354. The molecule has 2 aromatic carbocycles. The van der Waals surface area contributed by atoms with Crippen LogP contribution in [0, 0.1) is 5.92 Å². The molecule has 8 heteroatoms. The molecule has 1 N–H and O–H groups in total. The number of carbonyl (C=O) groups is 1. The average Bonchev–Trinajstić information content (AvgIpc) is 3.28. The highest BCUT2D eigenvalue weighted by atomic mass is 35.5. The van der Waals surface area contributed by atoms with Crippen molar-refractivity contribution >= 4 is 29.3 Å². The van der Waals surface area contributed by atoms with Gasteiger partial charge in [0.2, 0.25) is 17.6 Å². The Morgan fingerprint density at radius 1 is 1.19 bits per heavy atom. The smallest absolute Gasteiger partial charge is 0.241 e. The first-order valence-corrected chi connectivity index (χ1v) is 12.3. The number of amides is 1. The van der Waals surface area contributed by atoms with Gasteiger partial charge >= 0.3 is 0 Å². The number of aromatic nitrogens is 2. The molecule has 4 rings (SSSR count). The highest BCUT2D eigenvalue weighted by Gasteiger charge is 2.26. The molecule has 168 valence electrons. The molecular weight excluding hydrogens is 444 g/mol. The summed E-state index contributed by atoms with van der Waals surface area (Å²) >= 11 is 8.05. The van der Waals surface area contributed by atoms with Crippen LogP contribution in [-0.2, 0) is 11.3 Å². The maximum Gasteiger partial charge on any atom is 0.241 e. The second-order valence-corrected chi connectivity index (χ2v) is 9.45. The molecule has 6 nitrogen and oxygen atoms in total. The lowest BCUT2D eigenvalue weighted by Crippen LogP contribution is -2.43. The molecule has 1 aliphatic rings. The van der Waals surface area contributed by atoms with Crippen molar-refractivity contribution in [3.63, 3.8) is 0 Å². The molecule has 1 aromatic heterocycles. The minimum Gasteiger partial charge on any atom is -0.356 e. The van der Waals surface area contributed by atoms with Crippen molar-refractivity contribution in [1.29, 1.82) is 0 Å². The molecule has 3 aromatic rings. The Morgan fingerprint density at radius 3 is 2.84 bits per heavy atom. The van der Waals surface area contributed by atoms with Crippen molar-refractivity contribution in [2.45, 2.75) is 30.7 Å².